The molecule has 0 radical (unpaired) electrons. The van der Waals surface area contributed by atoms with Gasteiger partial charge in [0.05, 0.1) is 7.11 Å². The van der Waals surface area contributed by atoms with Gasteiger partial charge in [-0.1, -0.05) is 32.0 Å². The summed E-state index contributed by atoms with van der Waals surface area (Å²) < 4.78 is 25.0. The fourth-order valence-electron chi connectivity index (χ4n) is 4.02. The number of benzene rings is 2. The molecule has 2 aromatic carbocycles. The van der Waals surface area contributed by atoms with Crippen molar-refractivity contribution in [3.63, 3.8) is 0 Å². The van der Waals surface area contributed by atoms with Crippen molar-refractivity contribution in [1.82, 2.24) is 0 Å². The summed E-state index contributed by atoms with van der Waals surface area (Å²) in [4.78, 5) is 11.4. The van der Waals surface area contributed by atoms with Gasteiger partial charge in [-0.3, -0.25) is 0 Å². The van der Waals surface area contributed by atoms with Crippen LogP contribution in [-0.2, 0) is 11.2 Å². The Morgan fingerprint density at radius 2 is 1.96 bits per heavy atom. The number of ether oxygens (including phenoxy) is 2. The Balaban J connectivity index is 2.04. The molecule has 3 rings (SSSR count). The van der Waals surface area contributed by atoms with Gasteiger partial charge in [-0.2, -0.15) is 0 Å². The zero-order chi connectivity index (χ0) is 18.9. The van der Waals surface area contributed by atoms with Gasteiger partial charge in [-0.15, -0.1) is 0 Å². The number of carbonyl (C=O) groups is 1. The highest BCUT2D eigenvalue weighted by Crippen LogP contribution is 2.52. The molecular weight excluding hydrogens is 333 g/mol. The first-order chi connectivity index (χ1) is 12.4. The summed E-state index contributed by atoms with van der Waals surface area (Å²) in [7, 11) is 1.51. The normalized spacial score (nSPS) is 17.6. The molecule has 0 aromatic heterocycles. The van der Waals surface area contributed by atoms with Gasteiger partial charge < -0.3 is 15.2 Å². The van der Waals surface area contributed by atoms with E-state index in [1.165, 1.54) is 13.2 Å². The standard InChI is InChI=1S/C21H24FNO3/c1-4-21(5-2)12-14-10-13(6-8-17(14)19(21)26-20(23)24)16-9-7-15(25-3)11-18(16)22/h6-11,19H,4-5,12H2,1-3H3,(H2,23,24). The quantitative estimate of drug-likeness (QED) is 0.819. The van der Waals surface area contributed by atoms with Crippen molar-refractivity contribution in [2.75, 3.05) is 7.11 Å². The van der Waals surface area contributed by atoms with Crippen LogP contribution in [0.3, 0.4) is 0 Å². The van der Waals surface area contributed by atoms with Gasteiger partial charge in [0, 0.05) is 17.0 Å². The molecule has 1 amide bonds. The van der Waals surface area contributed by atoms with Gasteiger partial charge in [0.1, 0.15) is 17.7 Å². The zero-order valence-corrected chi connectivity index (χ0v) is 15.3. The Morgan fingerprint density at radius 1 is 1.23 bits per heavy atom. The Bertz CT molecular complexity index is 830. The second-order valence-corrected chi connectivity index (χ2v) is 6.82. The monoisotopic (exact) mass is 357 g/mol. The van der Waals surface area contributed by atoms with E-state index >= 15 is 0 Å². The molecule has 5 heteroatoms. The summed E-state index contributed by atoms with van der Waals surface area (Å²) in [6.45, 7) is 4.19. The molecule has 0 fully saturated rings. The molecular formula is C21H24FNO3. The van der Waals surface area contributed by atoms with Crippen molar-refractivity contribution in [2.45, 2.75) is 39.2 Å². The predicted molar refractivity (Wildman–Crippen MR) is 98.5 cm³/mol. The minimum atomic E-state index is -0.764. The van der Waals surface area contributed by atoms with E-state index in [1.807, 2.05) is 18.2 Å². The molecule has 0 spiro atoms. The molecule has 0 saturated carbocycles. The van der Waals surface area contributed by atoms with Gasteiger partial charge in [0.15, 0.2) is 0 Å². The number of primary amides is 1. The molecule has 1 aliphatic carbocycles. The van der Waals surface area contributed by atoms with Crippen molar-refractivity contribution in [1.29, 1.82) is 0 Å². The molecule has 1 aliphatic rings. The fraction of sp³-hybridized carbons (Fsp3) is 0.381. The molecule has 0 saturated heterocycles. The molecule has 4 nitrogen and oxygen atoms in total. The van der Waals surface area contributed by atoms with E-state index in [2.05, 4.69) is 13.8 Å². The first kappa shape index (κ1) is 18.2. The third kappa shape index (κ3) is 3.02. The Morgan fingerprint density at radius 3 is 2.54 bits per heavy atom. The molecule has 0 aliphatic heterocycles. The van der Waals surface area contributed by atoms with E-state index in [0.717, 1.165) is 36.0 Å². The second-order valence-electron chi connectivity index (χ2n) is 6.82. The van der Waals surface area contributed by atoms with Crippen LogP contribution in [0.5, 0.6) is 5.75 Å². The van der Waals surface area contributed by atoms with Crippen LogP contribution in [0.25, 0.3) is 11.1 Å². The number of fused-ring (bicyclic) bond motifs is 1. The first-order valence-corrected chi connectivity index (χ1v) is 8.87. The lowest BCUT2D eigenvalue weighted by Crippen LogP contribution is -2.30. The Labute approximate surface area is 153 Å². The lowest BCUT2D eigenvalue weighted by molar-refractivity contribution is 0.0140. The number of amides is 1. The summed E-state index contributed by atoms with van der Waals surface area (Å²) in [5, 5.41) is 0. The number of hydrogen-bond acceptors (Lipinski definition) is 3. The van der Waals surface area contributed by atoms with Crippen molar-refractivity contribution >= 4 is 6.09 Å². The molecule has 1 atom stereocenters. The molecule has 2 aromatic rings. The summed E-state index contributed by atoms with van der Waals surface area (Å²) in [6, 6.07) is 10.6. The molecule has 26 heavy (non-hydrogen) atoms. The number of halogens is 1. The maximum absolute atomic E-state index is 14.4. The van der Waals surface area contributed by atoms with Crippen molar-refractivity contribution in [2.24, 2.45) is 11.1 Å². The summed E-state index contributed by atoms with van der Waals surface area (Å²) >= 11 is 0. The van der Waals surface area contributed by atoms with Crippen LogP contribution in [0.4, 0.5) is 9.18 Å². The average Bonchev–Trinajstić information content (AvgIpc) is 2.94. The third-order valence-corrected chi connectivity index (χ3v) is 5.65. The van der Waals surface area contributed by atoms with Gasteiger partial charge >= 0.3 is 6.09 Å². The largest absolute Gasteiger partial charge is 0.497 e. The number of nitrogens with two attached hydrogens (primary N) is 1. The number of methoxy groups -OCH3 is 1. The third-order valence-electron chi connectivity index (χ3n) is 5.65. The molecule has 0 bridgehead atoms. The Kier molecular flexibility index (Phi) is 4.90. The fourth-order valence-corrected chi connectivity index (χ4v) is 4.02. The highest BCUT2D eigenvalue weighted by molar-refractivity contribution is 5.68. The van der Waals surface area contributed by atoms with E-state index in [1.54, 1.807) is 12.1 Å². The second kappa shape index (κ2) is 6.98. The zero-order valence-electron chi connectivity index (χ0n) is 15.3. The van der Waals surface area contributed by atoms with Crippen LogP contribution >= 0.6 is 0 Å². The minimum Gasteiger partial charge on any atom is -0.497 e. The van der Waals surface area contributed by atoms with E-state index in [-0.39, 0.29) is 17.3 Å². The SMILES string of the molecule is CCC1(CC)Cc2cc(-c3ccc(OC)cc3F)ccc2C1OC(N)=O. The van der Waals surface area contributed by atoms with Gasteiger partial charge in [0.25, 0.3) is 0 Å². The van der Waals surface area contributed by atoms with Crippen LogP contribution < -0.4 is 10.5 Å². The van der Waals surface area contributed by atoms with E-state index in [9.17, 15) is 9.18 Å². The van der Waals surface area contributed by atoms with Crippen LogP contribution in [0.15, 0.2) is 36.4 Å². The molecule has 1 unspecified atom stereocenters. The Hall–Kier alpha value is -2.56. The van der Waals surface area contributed by atoms with Crippen LogP contribution in [0.2, 0.25) is 0 Å². The number of hydrogen-bond donors (Lipinski definition) is 1. The predicted octanol–water partition coefficient (Wildman–Crippen LogP) is 5.00. The highest BCUT2D eigenvalue weighted by atomic mass is 19.1. The van der Waals surface area contributed by atoms with Gasteiger partial charge in [-0.05, 0) is 48.1 Å². The minimum absolute atomic E-state index is 0.172. The highest BCUT2D eigenvalue weighted by Gasteiger charge is 2.46. The summed E-state index contributed by atoms with van der Waals surface area (Å²) in [5.74, 6) is 0.155. The molecule has 138 valence electrons. The first-order valence-electron chi connectivity index (χ1n) is 8.87. The van der Waals surface area contributed by atoms with Crippen LogP contribution in [-0.4, -0.2) is 13.2 Å². The van der Waals surface area contributed by atoms with Gasteiger partial charge in [0.2, 0.25) is 0 Å². The van der Waals surface area contributed by atoms with Gasteiger partial charge in [-0.25, -0.2) is 9.18 Å². The van der Waals surface area contributed by atoms with Crippen molar-refractivity contribution < 1.29 is 18.7 Å². The van der Waals surface area contributed by atoms with E-state index in [0.29, 0.717) is 11.3 Å². The number of carbonyl (C=O) groups excluding carboxylic acids is 1. The maximum Gasteiger partial charge on any atom is 0.405 e. The summed E-state index contributed by atoms with van der Waals surface area (Å²) in [6.07, 6.45) is 1.38. The van der Waals surface area contributed by atoms with Crippen LogP contribution in [0, 0.1) is 11.2 Å². The topological polar surface area (TPSA) is 61.6 Å². The van der Waals surface area contributed by atoms with Crippen molar-refractivity contribution in [3.05, 3.63) is 53.3 Å². The lowest BCUT2D eigenvalue weighted by atomic mass is 9.77. The average molecular weight is 357 g/mol. The maximum atomic E-state index is 14.4. The molecule has 2 N–H and O–H groups in total. The van der Waals surface area contributed by atoms with Crippen LogP contribution in [0.1, 0.15) is 43.9 Å². The molecule has 0 heterocycles. The lowest BCUT2D eigenvalue weighted by Gasteiger charge is -2.32. The van der Waals surface area contributed by atoms with Crippen molar-refractivity contribution in [3.8, 4) is 16.9 Å². The summed E-state index contributed by atoms with van der Waals surface area (Å²) in [5.41, 5.74) is 8.49. The van der Waals surface area contributed by atoms with E-state index in [4.69, 9.17) is 15.2 Å². The number of rotatable bonds is 5. The van der Waals surface area contributed by atoms with E-state index < -0.39 is 6.09 Å². The smallest absolute Gasteiger partial charge is 0.405 e.